The molecule has 2 aromatic rings. The van der Waals surface area contributed by atoms with Crippen molar-refractivity contribution in [2.75, 3.05) is 19.2 Å². The molecule has 0 amide bonds. The lowest BCUT2D eigenvalue weighted by atomic mass is 10.3. The number of pyridine rings is 1. The molecule has 5 nitrogen and oxygen atoms in total. The van der Waals surface area contributed by atoms with E-state index in [1.54, 1.807) is 6.20 Å². The van der Waals surface area contributed by atoms with Gasteiger partial charge in [0.15, 0.2) is 11.5 Å². The average molecular weight is 258 g/mol. The Bertz CT molecular complexity index is 587. The number of benzene rings is 1. The van der Waals surface area contributed by atoms with E-state index in [0.717, 1.165) is 28.6 Å². The van der Waals surface area contributed by atoms with Crippen LogP contribution in [0, 0.1) is 0 Å². The van der Waals surface area contributed by atoms with E-state index in [4.69, 9.17) is 14.2 Å². The fraction of sp³-hybridized carbons (Fsp3) is 0.214. The summed E-state index contributed by atoms with van der Waals surface area (Å²) in [6, 6.07) is 9.38. The lowest BCUT2D eigenvalue weighted by molar-refractivity contribution is 0.173. The third-order valence-corrected chi connectivity index (χ3v) is 2.84. The minimum atomic E-state index is 0.268. The van der Waals surface area contributed by atoms with Gasteiger partial charge >= 0.3 is 0 Å². The van der Waals surface area contributed by atoms with Crippen molar-refractivity contribution in [1.82, 2.24) is 4.98 Å². The Morgan fingerprint density at radius 2 is 2.11 bits per heavy atom. The Labute approximate surface area is 111 Å². The van der Waals surface area contributed by atoms with Gasteiger partial charge in [0.1, 0.15) is 12.4 Å². The SMILES string of the molecule is CNc1ccnc(COc2ccc3c(c2)OCO3)c1. The van der Waals surface area contributed by atoms with Crippen LogP contribution < -0.4 is 19.5 Å². The first-order valence-corrected chi connectivity index (χ1v) is 6.00. The number of ether oxygens (including phenoxy) is 3. The first kappa shape index (κ1) is 11.6. The molecular formula is C14H14N2O3. The highest BCUT2D eigenvalue weighted by atomic mass is 16.7. The van der Waals surface area contributed by atoms with Gasteiger partial charge in [0.25, 0.3) is 0 Å². The molecule has 1 aromatic heterocycles. The van der Waals surface area contributed by atoms with Gasteiger partial charge in [-0.3, -0.25) is 4.98 Å². The van der Waals surface area contributed by atoms with Crippen molar-refractivity contribution in [1.29, 1.82) is 0 Å². The van der Waals surface area contributed by atoms with E-state index in [0.29, 0.717) is 6.61 Å². The van der Waals surface area contributed by atoms with Gasteiger partial charge in [0.2, 0.25) is 6.79 Å². The lowest BCUT2D eigenvalue weighted by Crippen LogP contribution is -1.99. The quantitative estimate of drug-likeness (QED) is 0.912. The first-order valence-electron chi connectivity index (χ1n) is 6.00. The van der Waals surface area contributed by atoms with Crippen molar-refractivity contribution in [3.63, 3.8) is 0 Å². The van der Waals surface area contributed by atoms with Crippen LogP contribution in [0.2, 0.25) is 0 Å². The molecule has 1 aromatic carbocycles. The molecular weight excluding hydrogens is 244 g/mol. The predicted molar refractivity (Wildman–Crippen MR) is 70.7 cm³/mol. The number of rotatable bonds is 4. The van der Waals surface area contributed by atoms with E-state index in [1.807, 2.05) is 37.4 Å². The number of nitrogens with one attached hydrogen (secondary N) is 1. The van der Waals surface area contributed by atoms with Crippen LogP contribution in [-0.4, -0.2) is 18.8 Å². The summed E-state index contributed by atoms with van der Waals surface area (Å²) in [6.45, 7) is 0.680. The second-order valence-corrected chi connectivity index (χ2v) is 4.09. The number of nitrogens with zero attached hydrogens (tertiary/aromatic N) is 1. The summed E-state index contributed by atoms with van der Waals surface area (Å²) in [5.74, 6) is 2.21. The zero-order valence-corrected chi connectivity index (χ0v) is 10.6. The molecule has 0 unspecified atom stereocenters. The zero-order chi connectivity index (χ0) is 13.1. The van der Waals surface area contributed by atoms with Crippen molar-refractivity contribution in [3.05, 3.63) is 42.2 Å². The molecule has 1 aliphatic rings. The topological polar surface area (TPSA) is 52.6 Å². The third-order valence-electron chi connectivity index (χ3n) is 2.84. The number of anilines is 1. The predicted octanol–water partition coefficient (Wildman–Crippen LogP) is 2.43. The molecule has 0 spiro atoms. The van der Waals surface area contributed by atoms with E-state index in [-0.39, 0.29) is 6.79 Å². The highest BCUT2D eigenvalue weighted by molar-refractivity contribution is 5.47. The Morgan fingerprint density at radius 3 is 3.00 bits per heavy atom. The standard InChI is InChI=1S/C14H14N2O3/c1-15-10-4-5-16-11(6-10)8-17-12-2-3-13-14(7-12)19-9-18-13/h2-7H,8-9H2,1H3,(H,15,16). The Hall–Kier alpha value is -2.43. The number of hydrogen-bond donors (Lipinski definition) is 1. The summed E-state index contributed by atoms with van der Waals surface area (Å²) in [5.41, 5.74) is 1.88. The average Bonchev–Trinajstić information content (AvgIpc) is 2.93. The summed E-state index contributed by atoms with van der Waals surface area (Å²) in [4.78, 5) is 4.25. The van der Waals surface area contributed by atoms with Crippen LogP contribution in [0.15, 0.2) is 36.5 Å². The monoisotopic (exact) mass is 258 g/mol. The molecule has 0 saturated heterocycles. The maximum absolute atomic E-state index is 5.69. The minimum Gasteiger partial charge on any atom is -0.487 e. The molecule has 0 aliphatic carbocycles. The highest BCUT2D eigenvalue weighted by Crippen LogP contribution is 2.35. The Balaban J connectivity index is 1.68. The van der Waals surface area contributed by atoms with Crippen LogP contribution in [0.3, 0.4) is 0 Å². The van der Waals surface area contributed by atoms with E-state index >= 15 is 0 Å². The van der Waals surface area contributed by atoms with Crippen molar-refractivity contribution < 1.29 is 14.2 Å². The van der Waals surface area contributed by atoms with Crippen LogP contribution in [0.1, 0.15) is 5.69 Å². The molecule has 0 fully saturated rings. The van der Waals surface area contributed by atoms with E-state index < -0.39 is 0 Å². The fourth-order valence-electron chi connectivity index (χ4n) is 1.84. The highest BCUT2D eigenvalue weighted by Gasteiger charge is 2.13. The van der Waals surface area contributed by atoms with Gasteiger partial charge in [-0.1, -0.05) is 0 Å². The van der Waals surface area contributed by atoms with Gasteiger partial charge in [-0.05, 0) is 24.3 Å². The number of fused-ring (bicyclic) bond motifs is 1. The lowest BCUT2D eigenvalue weighted by Gasteiger charge is -2.07. The van der Waals surface area contributed by atoms with E-state index in [2.05, 4.69) is 10.3 Å². The molecule has 1 N–H and O–H groups in total. The molecule has 5 heteroatoms. The van der Waals surface area contributed by atoms with Gasteiger partial charge in [-0.15, -0.1) is 0 Å². The van der Waals surface area contributed by atoms with Crippen molar-refractivity contribution in [2.24, 2.45) is 0 Å². The maximum atomic E-state index is 5.69. The summed E-state index contributed by atoms with van der Waals surface area (Å²) in [7, 11) is 1.87. The molecule has 19 heavy (non-hydrogen) atoms. The molecule has 2 heterocycles. The minimum absolute atomic E-state index is 0.268. The summed E-state index contributed by atoms with van der Waals surface area (Å²) in [6.07, 6.45) is 1.75. The van der Waals surface area contributed by atoms with Crippen LogP contribution in [0.4, 0.5) is 5.69 Å². The number of aromatic nitrogens is 1. The van der Waals surface area contributed by atoms with Crippen LogP contribution in [-0.2, 0) is 6.61 Å². The van der Waals surface area contributed by atoms with Gasteiger partial charge < -0.3 is 19.5 Å². The summed E-state index contributed by atoms with van der Waals surface area (Å²) in [5, 5.41) is 3.07. The molecule has 98 valence electrons. The van der Waals surface area contributed by atoms with Crippen LogP contribution in [0.25, 0.3) is 0 Å². The smallest absolute Gasteiger partial charge is 0.231 e. The Morgan fingerprint density at radius 1 is 1.21 bits per heavy atom. The second-order valence-electron chi connectivity index (χ2n) is 4.09. The number of hydrogen-bond acceptors (Lipinski definition) is 5. The normalized spacial score (nSPS) is 12.3. The van der Waals surface area contributed by atoms with Gasteiger partial charge in [-0.2, -0.15) is 0 Å². The first-order chi connectivity index (χ1) is 9.35. The largest absolute Gasteiger partial charge is 0.487 e. The van der Waals surface area contributed by atoms with Crippen LogP contribution in [0.5, 0.6) is 17.2 Å². The van der Waals surface area contributed by atoms with Crippen molar-refractivity contribution in [2.45, 2.75) is 6.61 Å². The molecule has 0 radical (unpaired) electrons. The van der Waals surface area contributed by atoms with Crippen molar-refractivity contribution >= 4 is 5.69 Å². The molecule has 0 atom stereocenters. The van der Waals surface area contributed by atoms with Crippen LogP contribution >= 0.6 is 0 Å². The van der Waals surface area contributed by atoms with E-state index in [1.165, 1.54) is 0 Å². The van der Waals surface area contributed by atoms with Gasteiger partial charge in [-0.25, -0.2) is 0 Å². The van der Waals surface area contributed by atoms with Gasteiger partial charge in [0, 0.05) is 25.0 Å². The fourth-order valence-corrected chi connectivity index (χ4v) is 1.84. The van der Waals surface area contributed by atoms with Crippen molar-refractivity contribution in [3.8, 4) is 17.2 Å². The molecule has 0 saturated carbocycles. The summed E-state index contributed by atoms with van der Waals surface area (Å²) < 4.78 is 16.2. The second kappa shape index (κ2) is 5.06. The maximum Gasteiger partial charge on any atom is 0.231 e. The Kier molecular flexibility index (Phi) is 3.10. The zero-order valence-electron chi connectivity index (χ0n) is 10.6. The molecule has 3 rings (SSSR count). The summed E-state index contributed by atoms with van der Waals surface area (Å²) >= 11 is 0. The third kappa shape index (κ3) is 2.54. The molecule has 0 bridgehead atoms. The van der Waals surface area contributed by atoms with E-state index in [9.17, 15) is 0 Å². The molecule has 1 aliphatic heterocycles. The van der Waals surface area contributed by atoms with Gasteiger partial charge in [0.05, 0.1) is 5.69 Å².